The Bertz CT molecular complexity index is 798. The maximum absolute atomic E-state index is 12.4. The Labute approximate surface area is 125 Å². The van der Waals surface area contributed by atoms with Crippen LogP contribution in [0.3, 0.4) is 0 Å². The first-order valence-electron chi connectivity index (χ1n) is 6.96. The Morgan fingerprint density at radius 3 is 2.57 bits per heavy atom. The molecule has 1 aliphatic rings. The number of nitrogens with one attached hydrogen (secondary N) is 1. The average molecular weight is 302 g/mol. The fourth-order valence-corrected chi connectivity index (χ4v) is 3.73. The number of nitrogens with two attached hydrogens (primary N) is 1. The number of nitrogen functional groups attached to an aromatic ring is 1. The van der Waals surface area contributed by atoms with Gasteiger partial charge in [0.15, 0.2) is 0 Å². The number of aryl methyl sites for hydroxylation is 3. The monoisotopic (exact) mass is 302 g/mol. The first-order valence-corrected chi connectivity index (χ1v) is 8.45. The summed E-state index contributed by atoms with van der Waals surface area (Å²) in [6.07, 6.45) is 3.09. The molecule has 0 heterocycles. The Morgan fingerprint density at radius 2 is 1.81 bits per heavy atom. The van der Waals surface area contributed by atoms with Crippen LogP contribution < -0.4 is 10.5 Å². The van der Waals surface area contributed by atoms with Crippen LogP contribution in [0.15, 0.2) is 41.3 Å². The molecule has 2 aromatic rings. The van der Waals surface area contributed by atoms with Crippen molar-refractivity contribution in [3.8, 4) is 0 Å². The van der Waals surface area contributed by atoms with Crippen LogP contribution in [-0.4, -0.2) is 8.42 Å². The number of hydrogen-bond acceptors (Lipinski definition) is 3. The molecular weight excluding hydrogens is 284 g/mol. The summed E-state index contributed by atoms with van der Waals surface area (Å²) in [6.45, 7) is 1.88. The first-order chi connectivity index (χ1) is 9.95. The normalized spacial score (nSPS) is 14.0. The molecule has 0 aromatic heterocycles. The van der Waals surface area contributed by atoms with E-state index in [1.54, 1.807) is 30.3 Å². The van der Waals surface area contributed by atoms with Crippen molar-refractivity contribution >= 4 is 21.4 Å². The molecule has 0 bridgehead atoms. The average Bonchev–Trinajstić information content (AvgIpc) is 2.90. The van der Waals surface area contributed by atoms with Crippen LogP contribution in [0.25, 0.3) is 0 Å². The largest absolute Gasteiger partial charge is 0.398 e. The Kier molecular flexibility index (Phi) is 3.37. The second-order valence-corrected chi connectivity index (χ2v) is 7.14. The number of rotatable bonds is 3. The van der Waals surface area contributed by atoms with Gasteiger partial charge in [0, 0.05) is 5.69 Å². The second kappa shape index (κ2) is 5.07. The summed E-state index contributed by atoms with van der Waals surface area (Å²) in [7, 11) is -3.57. The van der Waals surface area contributed by atoms with Gasteiger partial charge in [0.2, 0.25) is 0 Å². The van der Waals surface area contributed by atoms with Crippen LogP contribution in [0, 0.1) is 6.92 Å². The summed E-state index contributed by atoms with van der Waals surface area (Å²) in [6, 6.07) is 10.5. The lowest BCUT2D eigenvalue weighted by atomic mass is 10.1. The van der Waals surface area contributed by atoms with Crippen LogP contribution in [0.1, 0.15) is 23.1 Å². The van der Waals surface area contributed by atoms with Gasteiger partial charge in [-0.2, -0.15) is 0 Å². The molecule has 0 saturated heterocycles. The lowest BCUT2D eigenvalue weighted by Gasteiger charge is -2.11. The van der Waals surface area contributed by atoms with Crippen molar-refractivity contribution < 1.29 is 8.42 Å². The fourth-order valence-electron chi connectivity index (χ4n) is 2.63. The van der Waals surface area contributed by atoms with Gasteiger partial charge in [-0.05, 0) is 67.1 Å². The van der Waals surface area contributed by atoms with E-state index in [2.05, 4.69) is 4.72 Å². The summed E-state index contributed by atoms with van der Waals surface area (Å²) in [5.74, 6) is 0. The van der Waals surface area contributed by atoms with Crippen molar-refractivity contribution in [2.24, 2.45) is 0 Å². The molecule has 0 spiro atoms. The summed E-state index contributed by atoms with van der Waals surface area (Å²) in [5.41, 5.74) is 10.2. The van der Waals surface area contributed by atoms with Crippen LogP contribution >= 0.6 is 0 Å². The Morgan fingerprint density at radius 1 is 1.05 bits per heavy atom. The summed E-state index contributed by atoms with van der Waals surface area (Å²) < 4.78 is 27.5. The van der Waals surface area contributed by atoms with E-state index in [4.69, 9.17) is 5.73 Å². The van der Waals surface area contributed by atoms with Gasteiger partial charge in [-0.3, -0.25) is 4.72 Å². The van der Waals surface area contributed by atoms with E-state index in [0.29, 0.717) is 16.3 Å². The molecule has 0 aliphatic heterocycles. The Hall–Kier alpha value is -2.01. The molecule has 0 atom stereocenters. The molecule has 0 saturated carbocycles. The number of anilines is 2. The SMILES string of the molecule is Cc1ccc(NS(=O)(=O)c2ccc3c(c2)CCC3)cc1N. The van der Waals surface area contributed by atoms with Crippen molar-refractivity contribution in [3.63, 3.8) is 0 Å². The highest BCUT2D eigenvalue weighted by atomic mass is 32.2. The smallest absolute Gasteiger partial charge is 0.261 e. The van der Waals surface area contributed by atoms with Gasteiger partial charge in [0.25, 0.3) is 10.0 Å². The van der Waals surface area contributed by atoms with Crippen molar-refractivity contribution in [1.82, 2.24) is 0 Å². The van der Waals surface area contributed by atoms with Gasteiger partial charge < -0.3 is 5.73 Å². The van der Waals surface area contributed by atoms with E-state index >= 15 is 0 Å². The van der Waals surface area contributed by atoms with Gasteiger partial charge in [0.05, 0.1) is 10.6 Å². The minimum atomic E-state index is -3.57. The molecule has 3 N–H and O–H groups in total. The van der Waals surface area contributed by atoms with Gasteiger partial charge in [-0.15, -0.1) is 0 Å². The maximum atomic E-state index is 12.4. The Balaban J connectivity index is 1.91. The molecule has 4 nitrogen and oxygen atoms in total. The van der Waals surface area contributed by atoms with Crippen molar-refractivity contribution in [1.29, 1.82) is 0 Å². The molecule has 0 unspecified atom stereocenters. The quantitative estimate of drug-likeness (QED) is 0.856. The molecule has 110 valence electrons. The zero-order valence-corrected chi connectivity index (χ0v) is 12.7. The van der Waals surface area contributed by atoms with E-state index in [0.717, 1.165) is 30.4 Å². The summed E-state index contributed by atoms with van der Waals surface area (Å²) >= 11 is 0. The highest BCUT2D eigenvalue weighted by Crippen LogP contribution is 2.26. The van der Waals surface area contributed by atoms with E-state index in [1.165, 1.54) is 5.56 Å². The molecule has 5 heteroatoms. The van der Waals surface area contributed by atoms with Crippen LogP contribution in [0.4, 0.5) is 11.4 Å². The summed E-state index contributed by atoms with van der Waals surface area (Å²) in [5, 5.41) is 0. The molecule has 0 amide bonds. The highest BCUT2D eigenvalue weighted by molar-refractivity contribution is 7.92. The highest BCUT2D eigenvalue weighted by Gasteiger charge is 2.18. The third kappa shape index (κ3) is 2.74. The molecule has 3 rings (SSSR count). The standard InChI is InChI=1S/C16H18N2O2S/c1-11-5-7-14(10-16(11)17)18-21(19,20)15-8-6-12-3-2-4-13(12)9-15/h5-10,18H,2-4,17H2,1H3. The maximum Gasteiger partial charge on any atom is 0.261 e. The van der Waals surface area contributed by atoms with Gasteiger partial charge in [0.1, 0.15) is 0 Å². The predicted molar refractivity (Wildman–Crippen MR) is 84.9 cm³/mol. The summed E-state index contributed by atoms with van der Waals surface area (Å²) in [4.78, 5) is 0.308. The van der Waals surface area contributed by atoms with Gasteiger partial charge in [-0.25, -0.2) is 8.42 Å². The molecule has 0 radical (unpaired) electrons. The van der Waals surface area contributed by atoms with E-state index < -0.39 is 10.0 Å². The van der Waals surface area contributed by atoms with Crippen LogP contribution in [0.2, 0.25) is 0 Å². The van der Waals surface area contributed by atoms with Crippen molar-refractivity contribution in [2.45, 2.75) is 31.1 Å². The van der Waals surface area contributed by atoms with Gasteiger partial charge >= 0.3 is 0 Å². The molecule has 0 fully saturated rings. The molecular formula is C16H18N2O2S. The predicted octanol–water partition coefficient (Wildman–Crippen LogP) is 2.87. The zero-order valence-electron chi connectivity index (χ0n) is 11.9. The zero-order chi connectivity index (χ0) is 15.0. The van der Waals surface area contributed by atoms with E-state index in [-0.39, 0.29) is 0 Å². The minimum absolute atomic E-state index is 0.308. The minimum Gasteiger partial charge on any atom is -0.398 e. The van der Waals surface area contributed by atoms with E-state index in [1.807, 2.05) is 13.0 Å². The van der Waals surface area contributed by atoms with Crippen molar-refractivity contribution in [3.05, 3.63) is 53.1 Å². The number of fused-ring (bicyclic) bond motifs is 1. The number of hydrogen-bond donors (Lipinski definition) is 2. The van der Waals surface area contributed by atoms with Gasteiger partial charge in [-0.1, -0.05) is 12.1 Å². The molecule has 21 heavy (non-hydrogen) atoms. The van der Waals surface area contributed by atoms with E-state index in [9.17, 15) is 8.42 Å². The lowest BCUT2D eigenvalue weighted by Crippen LogP contribution is -2.13. The third-order valence-electron chi connectivity index (χ3n) is 3.91. The first kappa shape index (κ1) is 13.9. The fraction of sp³-hybridized carbons (Fsp3) is 0.250. The van der Waals surface area contributed by atoms with Crippen LogP contribution in [-0.2, 0) is 22.9 Å². The molecule has 2 aromatic carbocycles. The number of benzene rings is 2. The molecule has 1 aliphatic carbocycles. The van der Waals surface area contributed by atoms with Crippen molar-refractivity contribution in [2.75, 3.05) is 10.5 Å². The topological polar surface area (TPSA) is 72.2 Å². The van der Waals surface area contributed by atoms with Crippen LogP contribution in [0.5, 0.6) is 0 Å². The lowest BCUT2D eigenvalue weighted by molar-refractivity contribution is 0.601. The third-order valence-corrected chi connectivity index (χ3v) is 5.29. The second-order valence-electron chi connectivity index (χ2n) is 5.46. The number of sulfonamides is 1.